The molecule has 0 aromatic heterocycles. The lowest BCUT2D eigenvalue weighted by Crippen LogP contribution is -2.36. The van der Waals surface area contributed by atoms with Gasteiger partial charge in [-0.3, -0.25) is 0 Å². The van der Waals surface area contributed by atoms with Crippen LogP contribution in [0.1, 0.15) is 56.9 Å². The monoisotopic (exact) mass is 279 g/mol. The topological polar surface area (TPSA) is 12.0 Å². The summed E-state index contributed by atoms with van der Waals surface area (Å²) in [6.45, 7) is 0.432. The van der Waals surface area contributed by atoms with Crippen molar-refractivity contribution in [1.82, 2.24) is 5.32 Å². The largest absolute Gasteiger partial charge is 0.310 e. The highest BCUT2D eigenvalue weighted by Crippen LogP contribution is 2.48. The van der Waals surface area contributed by atoms with Crippen LogP contribution in [-0.2, 0) is 6.54 Å². The molecule has 3 heteroatoms. The molecule has 0 heterocycles. The molecule has 2 aliphatic carbocycles. The summed E-state index contributed by atoms with van der Waals surface area (Å²) in [6, 6.07) is 4.14. The Morgan fingerprint density at radius 2 is 1.75 bits per heavy atom. The van der Waals surface area contributed by atoms with Crippen LogP contribution >= 0.6 is 0 Å². The van der Waals surface area contributed by atoms with Crippen molar-refractivity contribution >= 4 is 0 Å². The molecule has 0 bridgehead atoms. The first-order chi connectivity index (χ1) is 9.67. The minimum atomic E-state index is -0.364. The zero-order valence-corrected chi connectivity index (χ0v) is 11.9. The molecular formula is C17H23F2N. The molecule has 0 unspecified atom stereocenters. The van der Waals surface area contributed by atoms with Gasteiger partial charge >= 0.3 is 0 Å². The summed E-state index contributed by atoms with van der Waals surface area (Å²) in [7, 11) is 0. The van der Waals surface area contributed by atoms with Crippen LogP contribution in [0.3, 0.4) is 0 Å². The molecule has 2 saturated carbocycles. The highest BCUT2D eigenvalue weighted by atomic mass is 19.1. The normalized spacial score (nSPS) is 22.5. The molecule has 0 saturated heterocycles. The first-order valence-corrected chi connectivity index (χ1v) is 7.84. The SMILES string of the molecule is Fc1ccc(F)c(CNC2CCC3(CCCC3)CC2)c1. The molecule has 1 aromatic rings. The summed E-state index contributed by atoms with van der Waals surface area (Å²) in [6.07, 6.45) is 10.6. The van der Waals surface area contributed by atoms with Gasteiger partial charge in [-0.25, -0.2) is 8.78 Å². The maximum absolute atomic E-state index is 13.6. The van der Waals surface area contributed by atoms with Gasteiger partial charge in [0.05, 0.1) is 0 Å². The minimum Gasteiger partial charge on any atom is -0.310 e. The van der Waals surface area contributed by atoms with Gasteiger partial charge in [0.15, 0.2) is 0 Å². The predicted octanol–water partition coefficient (Wildman–Crippen LogP) is 4.56. The Hall–Kier alpha value is -0.960. The van der Waals surface area contributed by atoms with Crippen molar-refractivity contribution in [2.45, 2.75) is 64.0 Å². The van der Waals surface area contributed by atoms with Gasteiger partial charge in [0.1, 0.15) is 11.6 Å². The Morgan fingerprint density at radius 3 is 2.45 bits per heavy atom. The van der Waals surface area contributed by atoms with Crippen LogP contribution in [0.4, 0.5) is 8.78 Å². The van der Waals surface area contributed by atoms with Crippen LogP contribution in [0.15, 0.2) is 18.2 Å². The molecular weight excluding hydrogens is 256 g/mol. The second-order valence-corrected chi connectivity index (χ2v) is 6.60. The molecule has 0 amide bonds. The second kappa shape index (κ2) is 5.80. The average Bonchev–Trinajstić information content (AvgIpc) is 2.90. The quantitative estimate of drug-likeness (QED) is 0.855. The van der Waals surface area contributed by atoms with Gasteiger partial charge in [0.2, 0.25) is 0 Å². The van der Waals surface area contributed by atoms with Crippen molar-refractivity contribution in [1.29, 1.82) is 0 Å². The van der Waals surface area contributed by atoms with E-state index in [2.05, 4.69) is 5.32 Å². The van der Waals surface area contributed by atoms with E-state index in [9.17, 15) is 8.78 Å². The lowest BCUT2D eigenvalue weighted by Gasteiger charge is -2.37. The lowest BCUT2D eigenvalue weighted by atomic mass is 9.71. The molecule has 0 atom stereocenters. The second-order valence-electron chi connectivity index (χ2n) is 6.60. The van der Waals surface area contributed by atoms with Gasteiger partial charge in [-0.15, -0.1) is 0 Å². The fourth-order valence-electron chi connectivity index (χ4n) is 3.99. The van der Waals surface area contributed by atoms with E-state index < -0.39 is 0 Å². The summed E-state index contributed by atoms with van der Waals surface area (Å²) in [5.41, 5.74) is 1.06. The Morgan fingerprint density at radius 1 is 1.05 bits per heavy atom. The maximum Gasteiger partial charge on any atom is 0.127 e. The third-order valence-electron chi connectivity index (χ3n) is 5.30. The van der Waals surface area contributed by atoms with Crippen LogP contribution < -0.4 is 5.32 Å². The van der Waals surface area contributed by atoms with E-state index in [-0.39, 0.29) is 11.6 Å². The average molecular weight is 279 g/mol. The van der Waals surface area contributed by atoms with E-state index in [0.29, 0.717) is 23.6 Å². The van der Waals surface area contributed by atoms with Gasteiger partial charge in [-0.2, -0.15) is 0 Å². The van der Waals surface area contributed by atoms with Crippen LogP contribution in [0.25, 0.3) is 0 Å². The number of hydrogen-bond acceptors (Lipinski definition) is 1. The molecule has 0 radical (unpaired) electrons. The number of nitrogens with one attached hydrogen (secondary N) is 1. The fraction of sp³-hybridized carbons (Fsp3) is 0.647. The maximum atomic E-state index is 13.6. The van der Waals surface area contributed by atoms with Crippen molar-refractivity contribution in [2.75, 3.05) is 0 Å². The zero-order valence-electron chi connectivity index (χ0n) is 11.9. The first kappa shape index (κ1) is 14.0. The molecule has 20 heavy (non-hydrogen) atoms. The highest BCUT2D eigenvalue weighted by Gasteiger charge is 2.37. The fourth-order valence-corrected chi connectivity index (χ4v) is 3.99. The van der Waals surface area contributed by atoms with Crippen LogP contribution in [0.5, 0.6) is 0 Å². The summed E-state index contributed by atoms with van der Waals surface area (Å²) in [5.74, 6) is -0.682. The molecule has 110 valence electrons. The Kier molecular flexibility index (Phi) is 4.06. The van der Waals surface area contributed by atoms with Gasteiger partial charge in [-0.1, -0.05) is 12.8 Å². The number of halogens is 2. The van der Waals surface area contributed by atoms with Crippen molar-refractivity contribution in [2.24, 2.45) is 5.41 Å². The summed E-state index contributed by atoms with van der Waals surface area (Å²) in [5, 5.41) is 3.41. The number of rotatable bonds is 3. The highest BCUT2D eigenvalue weighted by molar-refractivity contribution is 5.18. The summed E-state index contributed by atoms with van der Waals surface area (Å²) >= 11 is 0. The molecule has 3 rings (SSSR count). The summed E-state index contributed by atoms with van der Waals surface area (Å²) in [4.78, 5) is 0. The first-order valence-electron chi connectivity index (χ1n) is 7.84. The lowest BCUT2D eigenvalue weighted by molar-refractivity contribution is 0.168. The third kappa shape index (κ3) is 3.03. The Bertz CT molecular complexity index is 456. The van der Waals surface area contributed by atoms with E-state index >= 15 is 0 Å². The van der Waals surface area contributed by atoms with Gasteiger partial charge in [-0.05, 0) is 62.1 Å². The number of benzene rings is 1. The molecule has 0 aliphatic heterocycles. The van der Waals surface area contributed by atoms with E-state index in [1.165, 1.54) is 69.6 Å². The van der Waals surface area contributed by atoms with Crippen molar-refractivity contribution in [3.8, 4) is 0 Å². The van der Waals surface area contributed by atoms with E-state index in [1.807, 2.05) is 0 Å². The van der Waals surface area contributed by atoms with Gasteiger partial charge in [0, 0.05) is 18.2 Å². The predicted molar refractivity (Wildman–Crippen MR) is 76.4 cm³/mol. The van der Waals surface area contributed by atoms with Crippen molar-refractivity contribution in [3.05, 3.63) is 35.4 Å². The molecule has 2 aliphatic rings. The molecule has 1 aromatic carbocycles. The molecule has 1 spiro atoms. The standard InChI is InChI=1S/C17H23F2N/c18-14-3-4-16(19)13(11-14)12-20-15-5-9-17(10-6-15)7-1-2-8-17/h3-4,11,15,20H,1-2,5-10,12H2. The van der Waals surface area contributed by atoms with E-state index in [0.717, 1.165) is 0 Å². The molecule has 1 nitrogen and oxygen atoms in total. The third-order valence-corrected chi connectivity index (χ3v) is 5.30. The Labute approximate surface area is 119 Å². The smallest absolute Gasteiger partial charge is 0.127 e. The Balaban J connectivity index is 1.51. The van der Waals surface area contributed by atoms with E-state index in [1.54, 1.807) is 0 Å². The number of hydrogen-bond donors (Lipinski definition) is 1. The molecule has 2 fully saturated rings. The van der Waals surface area contributed by atoms with Crippen molar-refractivity contribution < 1.29 is 8.78 Å². The van der Waals surface area contributed by atoms with Crippen LogP contribution in [0, 0.1) is 17.0 Å². The van der Waals surface area contributed by atoms with Crippen LogP contribution in [-0.4, -0.2) is 6.04 Å². The van der Waals surface area contributed by atoms with Crippen molar-refractivity contribution in [3.63, 3.8) is 0 Å². The zero-order chi connectivity index (χ0) is 14.0. The summed E-state index contributed by atoms with van der Waals surface area (Å²) < 4.78 is 26.7. The van der Waals surface area contributed by atoms with Gasteiger partial charge in [0.25, 0.3) is 0 Å². The van der Waals surface area contributed by atoms with Gasteiger partial charge < -0.3 is 5.32 Å². The molecule has 1 N–H and O–H groups in total. The van der Waals surface area contributed by atoms with E-state index in [4.69, 9.17) is 0 Å². The van der Waals surface area contributed by atoms with Crippen LogP contribution in [0.2, 0.25) is 0 Å². The minimum absolute atomic E-state index is 0.318.